The largest absolute Gasteiger partial charge is 0.457 e. The van der Waals surface area contributed by atoms with Gasteiger partial charge in [-0.25, -0.2) is 4.39 Å². The van der Waals surface area contributed by atoms with Crippen LogP contribution < -0.4 is 10.5 Å². The Hall–Kier alpha value is -3.74. The molecule has 0 aliphatic carbocycles. The molecule has 7 heteroatoms. The summed E-state index contributed by atoms with van der Waals surface area (Å²) in [5.41, 5.74) is 8.05. The average Bonchev–Trinajstić information content (AvgIpc) is 2.84. The number of nitrogens with zero attached hydrogens (tertiary/aromatic N) is 2. The second kappa shape index (κ2) is 9.81. The number of alkyl halides is 1. The van der Waals surface area contributed by atoms with Crippen molar-refractivity contribution in [3.63, 3.8) is 0 Å². The number of aromatic nitrogens is 1. The Morgan fingerprint density at radius 3 is 2.24 bits per heavy atom. The summed E-state index contributed by atoms with van der Waals surface area (Å²) in [6.07, 6.45) is -0.120. The predicted molar refractivity (Wildman–Crippen MR) is 124 cm³/mol. The highest BCUT2D eigenvalue weighted by Gasteiger charge is 2.28. The third kappa shape index (κ3) is 5.19. The van der Waals surface area contributed by atoms with Gasteiger partial charge in [-0.3, -0.25) is 14.6 Å². The van der Waals surface area contributed by atoms with E-state index in [1.165, 1.54) is 6.92 Å². The van der Waals surface area contributed by atoms with E-state index < -0.39 is 18.0 Å². The van der Waals surface area contributed by atoms with Gasteiger partial charge in [0.05, 0.1) is 11.3 Å². The van der Waals surface area contributed by atoms with E-state index >= 15 is 0 Å². The minimum atomic E-state index is -1.49. The number of pyridine rings is 1. The van der Waals surface area contributed by atoms with Gasteiger partial charge in [0.2, 0.25) is 0 Å². The molecule has 0 saturated carbocycles. The molecule has 1 unspecified atom stereocenters. The predicted octanol–water partition coefficient (Wildman–Crippen LogP) is 4.70. The van der Waals surface area contributed by atoms with Crippen LogP contribution in [0.15, 0.2) is 66.7 Å². The smallest absolute Gasteiger partial charge is 0.256 e. The maximum absolute atomic E-state index is 13.4. The number of piperidine rings is 1. The number of likely N-dealkylation sites (tertiary alicyclic amines) is 1. The van der Waals surface area contributed by atoms with Crippen LogP contribution in [0.2, 0.25) is 0 Å². The van der Waals surface area contributed by atoms with Crippen molar-refractivity contribution in [3.8, 4) is 22.8 Å². The molecule has 170 valence electrons. The number of nitrogens with two attached hydrogens (primary N) is 1. The minimum absolute atomic E-state index is 0.116. The van der Waals surface area contributed by atoms with Crippen LogP contribution in [0.1, 0.15) is 41.7 Å². The van der Waals surface area contributed by atoms with Gasteiger partial charge in [0.15, 0.2) is 6.17 Å². The molecule has 0 spiro atoms. The maximum Gasteiger partial charge on any atom is 0.256 e. The summed E-state index contributed by atoms with van der Waals surface area (Å²) in [4.78, 5) is 30.3. The van der Waals surface area contributed by atoms with E-state index in [0.29, 0.717) is 42.9 Å². The van der Waals surface area contributed by atoms with Crippen molar-refractivity contribution >= 4 is 11.8 Å². The molecule has 2 amide bonds. The van der Waals surface area contributed by atoms with Crippen LogP contribution in [0.5, 0.6) is 11.5 Å². The van der Waals surface area contributed by atoms with E-state index in [-0.39, 0.29) is 5.92 Å². The summed E-state index contributed by atoms with van der Waals surface area (Å²) < 4.78 is 19.2. The Bertz CT molecular complexity index is 1130. The zero-order chi connectivity index (χ0) is 23.4. The minimum Gasteiger partial charge on any atom is -0.457 e. The lowest BCUT2D eigenvalue weighted by Crippen LogP contribution is -2.41. The summed E-state index contributed by atoms with van der Waals surface area (Å²) in [5, 5.41) is 0. The molecule has 3 aromatic rings. The maximum atomic E-state index is 13.4. The first-order valence-corrected chi connectivity index (χ1v) is 11.0. The fraction of sp³-hybridized carbons (Fsp3) is 0.269. The van der Waals surface area contributed by atoms with Crippen molar-refractivity contribution in [3.05, 3.63) is 78.0 Å². The lowest BCUT2D eigenvalue weighted by atomic mass is 9.91. The van der Waals surface area contributed by atoms with Crippen LogP contribution in [0.3, 0.4) is 0 Å². The summed E-state index contributed by atoms with van der Waals surface area (Å²) in [6.45, 7) is 2.23. The number of hydrogen-bond donors (Lipinski definition) is 1. The Balaban J connectivity index is 1.55. The van der Waals surface area contributed by atoms with Gasteiger partial charge in [0.25, 0.3) is 11.8 Å². The molecule has 33 heavy (non-hydrogen) atoms. The van der Waals surface area contributed by atoms with Crippen molar-refractivity contribution in [2.75, 3.05) is 13.1 Å². The molecule has 2 heterocycles. The van der Waals surface area contributed by atoms with E-state index in [2.05, 4.69) is 0 Å². The zero-order valence-corrected chi connectivity index (χ0v) is 18.4. The van der Waals surface area contributed by atoms with Crippen LogP contribution in [-0.4, -0.2) is 41.0 Å². The topological polar surface area (TPSA) is 85.5 Å². The first-order chi connectivity index (χ1) is 15.9. The Morgan fingerprint density at radius 2 is 1.64 bits per heavy atom. The summed E-state index contributed by atoms with van der Waals surface area (Å²) >= 11 is 0. The van der Waals surface area contributed by atoms with E-state index in [9.17, 15) is 14.0 Å². The van der Waals surface area contributed by atoms with Crippen molar-refractivity contribution < 1.29 is 18.7 Å². The highest BCUT2D eigenvalue weighted by molar-refractivity contribution is 5.98. The Kier molecular flexibility index (Phi) is 6.68. The molecule has 1 fully saturated rings. The zero-order valence-electron chi connectivity index (χ0n) is 18.4. The van der Waals surface area contributed by atoms with Crippen LogP contribution in [0, 0.1) is 0 Å². The quantitative estimate of drug-likeness (QED) is 0.593. The number of carbonyl (C=O) groups is 2. The molecule has 2 aromatic carbocycles. The average molecular weight is 448 g/mol. The number of para-hydroxylation sites is 1. The highest BCUT2D eigenvalue weighted by Crippen LogP contribution is 2.32. The number of carbonyl (C=O) groups excluding carboxylic acids is 2. The van der Waals surface area contributed by atoms with Crippen molar-refractivity contribution in [2.45, 2.75) is 31.9 Å². The fourth-order valence-electron chi connectivity index (χ4n) is 4.07. The van der Waals surface area contributed by atoms with Crippen LogP contribution >= 0.6 is 0 Å². The summed E-state index contributed by atoms with van der Waals surface area (Å²) in [7, 11) is 0. The number of halogens is 1. The molecular weight excluding hydrogens is 421 g/mol. The van der Waals surface area contributed by atoms with Gasteiger partial charge >= 0.3 is 0 Å². The number of hydrogen-bond acceptors (Lipinski definition) is 4. The third-order valence-corrected chi connectivity index (χ3v) is 5.85. The first-order valence-electron chi connectivity index (χ1n) is 11.0. The SMILES string of the molecule is CC(F)C(=O)N1CCC(c2ccc(C(N)=O)c(-c3ccc(Oc4ccccc4)cc3)n2)CC1. The molecule has 6 nitrogen and oxygen atoms in total. The van der Waals surface area contributed by atoms with Gasteiger partial charge in [0, 0.05) is 30.3 Å². The Labute approximate surface area is 192 Å². The first kappa shape index (κ1) is 22.5. The molecule has 1 aromatic heterocycles. The Morgan fingerprint density at radius 1 is 1.00 bits per heavy atom. The molecule has 0 radical (unpaired) electrons. The van der Waals surface area contributed by atoms with E-state index in [0.717, 1.165) is 17.0 Å². The van der Waals surface area contributed by atoms with Gasteiger partial charge in [-0.15, -0.1) is 0 Å². The standard InChI is InChI=1S/C26H26FN3O3/c1-17(27)26(32)30-15-13-18(14-16-30)23-12-11-22(25(28)31)24(29-23)19-7-9-21(10-8-19)33-20-5-3-2-4-6-20/h2-12,17-18H,13-16H2,1H3,(H2,28,31). The molecule has 1 aliphatic heterocycles. The molecule has 1 saturated heterocycles. The third-order valence-electron chi connectivity index (χ3n) is 5.85. The highest BCUT2D eigenvalue weighted by atomic mass is 19.1. The van der Waals surface area contributed by atoms with E-state index in [4.69, 9.17) is 15.5 Å². The second-order valence-corrected chi connectivity index (χ2v) is 8.15. The van der Waals surface area contributed by atoms with Crippen molar-refractivity contribution in [1.29, 1.82) is 0 Å². The normalized spacial score (nSPS) is 15.2. The van der Waals surface area contributed by atoms with Crippen LogP contribution in [-0.2, 0) is 4.79 Å². The lowest BCUT2D eigenvalue weighted by molar-refractivity contribution is -0.137. The van der Waals surface area contributed by atoms with Crippen LogP contribution in [0.25, 0.3) is 11.3 Å². The summed E-state index contributed by atoms with van der Waals surface area (Å²) in [6, 6.07) is 20.3. The molecule has 1 atom stereocenters. The van der Waals surface area contributed by atoms with Gasteiger partial charge in [-0.1, -0.05) is 18.2 Å². The molecule has 2 N–H and O–H groups in total. The second-order valence-electron chi connectivity index (χ2n) is 8.15. The summed E-state index contributed by atoms with van der Waals surface area (Å²) in [5.74, 6) is 0.497. The van der Waals surface area contributed by atoms with Gasteiger partial charge < -0.3 is 15.4 Å². The van der Waals surface area contributed by atoms with E-state index in [1.807, 2.05) is 60.7 Å². The lowest BCUT2D eigenvalue weighted by Gasteiger charge is -2.32. The van der Waals surface area contributed by atoms with Gasteiger partial charge in [-0.05, 0) is 68.3 Å². The number of rotatable bonds is 6. The number of amides is 2. The van der Waals surface area contributed by atoms with Gasteiger partial charge in [0.1, 0.15) is 11.5 Å². The number of ether oxygens (including phenoxy) is 1. The van der Waals surface area contributed by atoms with Gasteiger partial charge in [-0.2, -0.15) is 0 Å². The monoisotopic (exact) mass is 447 g/mol. The fourth-order valence-corrected chi connectivity index (χ4v) is 4.07. The number of primary amides is 1. The molecule has 1 aliphatic rings. The molecule has 4 rings (SSSR count). The van der Waals surface area contributed by atoms with Crippen molar-refractivity contribution in [2.24, 2.45) is 5.73 Å². The number of benzene rings is 2. The van der Waals surface area contributed by atoms with E-state index in [1.54, 1.807) is 11.0 Å². The molecular formula is C26H26FN3O3. The van der Waals surface area contributed by atoms with Crippen LogP contribution in [0.4, 0.5) is 4.39 Å². The van der Waals surface area contributed by atoms with Crippen molar-refractivity contribution in [1.82, 2.24) is 9.88 Å². The molecule has 0 bridgehead atoms.